The lowest BCUT2D eigenvalue weighted by Gasteiger charge is -2.10. The van der Waals surface area contributed by atoms with Gasteiger partial charge in [-0.15, -0.1) is 0 Å². The molecule has 0 aliphatic heterocycles. The Balaban J connectivity index is 2.61. The zero-order chi connectivity index (χ0) is 13.1. The molecule has 94 valence electrons. The predicted molar refractivity (Wildman–Crippen MR) is 71.4 cm³/mol. The average molecular weight is 244 g/mol. The first kappa shape index (κ1) is 12.4. The summed E-state index contributed by atoms with van der Waals surface area (Å²) in [6, 6.07) is 9.19. The van der Waals surface area contributed by atoms with Gasteiger partial charge in [0, 0.05) is 5.39 Å². The van der Waals surface area contributed by atoms with Crippen LogP contribution in [0.1, 0.15) is 29.3 Å². The van der Waals surface area contributed by atoms with Crippen molar-refractivity contribution in [2.24, 2.45) is 0 Å². The second-order valence-electron chi connectivity index (χ2n) is 4.35. The fourth-order valence-electron chi connectivity index (χ4n) is 1.89. The Kier molecular flexibility index (Phi) is 3.51. The Morgan fingerprint density at radius 1 is 1.28 bits per heavy atom. The monoisotopic (exact) mass is 244 g/mol. The van der Waals surface area contributed by atoms with E-state index >= 15 is 0 Å². The highest BCUT2D eigenvalue weighted by molar-refractivity contribution is 5.97. The maximum absolute atomic E-state index is 11.1. The molecule has 0 atom stereocenters. The first-order valence-corrected chi connectivity index (χ1v) is 6.02. The van der Waals surface area contributed by atoms with Crippen LogP contribution in [0.5, 0.6) is 5.75 Å². The number of benzene rings is 2. The van der Waals surface area contributed by atoms with Crippen LogP contribution in [0.25, 0.3) is 10.8 Å². The number of aryl methyl sites for hydroxylation is 1. The first-order chi connectivity index (χ1) is 8.61. The highest BCUT2D eigenvalue weighted by Gasteiger charge is 2.10. The zero-order valence-corrected chi connectivity index (χ0v) is 10.6. The van der Waals surface area contributed by atoms with E-state index in [0.29, 0.717) is 12.4 Å². The lowest BCUT2D eigenvalue weighted by atomic mass is 10.0. The largest absolute Gasteiger partial charge is 0.493 e. The molecule has 0 saturated carbocycles. The van der Waals surface area contributed by atoms with E-state index in [2.05, 4.69) is 0 Å². The van der Waals surface area contributed by atoms with Crippen LogP contribution in [0.2, 0.25) is 0 Å². The summed E-state index contributed by atoms with van der Waals surface area (Å²) in [4.78, 5) is 11.1. The molecule has 0 aliphatic rings. The van der Waals surface area contributed by atoms with Crippen LogP contribution in [-0.2, 0) is 0 Å². The molecule has 0 bridgehead atoms. The molecule has 0 unspecified atom stereocenters. The minimum atomic E-state index is -0.932. The summed E-state index contributed by atoms with van der Waals surface area (Å²) in [6.07, 6.45) is 0.893. The van der Waals surface area contributed by atoms with Crippen LogP contribution in [0.3, 0.4) is 0 Å². The summed E-state index contributed by atoms with van der Waals surface area (Å²) in [6.45, 7) is 4.62. The zero-order valence-electron chi connectivity index (χ0n) is 10.6. The quantitative estimate of drug-likeness (QED) is 0.893. The Labute approximate surface area is 106 Å². The third-order valence-corrected chi connectivity index (χ3v) is 2.78. The van der Waals surface area contributed by atoms with Crippen LogP contribution in [0, 0.1) is 6.92 Å². The molecule has 2 aromatic carbocycles. The lowest BCUT2D eigenvalue weighted by molar-refractivity contribution is 0.0696. The van der Waals surface area contributed by atoms with Gasteiger partial charge in [-0.3, -0.25) is 0 Å². The van der Waals surface area contributed by atoms with Crippen molar-refractivity contribution >= 4 is 16.7 Å². The van der Waals surface area contributed by atoms with Crippen molar-refractivity contribution in [2.45, 2.75) is 20.3 Å². The maximum Gasteiger partial charge on any atom is 0.335 e. The van der Waals surface area contributed by atoms with Crippen molar-refractivity contribution in [2.75, 3.05) is 6.61 Å². The van der Waals surface area contributed by atoms with E-state index < -0.39 is 5.97 Å². The van der Waals surface area contributed by atoms with Crippen molar-refractivity contribution in [1.29, 1.82) is 0 Å². The number of carbonyl (C=O) groups is 1. The highest BCUT2D eigenvalue weighted by atomic mass is 16.5. The molecule has 2 rings (SSSR count). The van der Waals surface area contributed by atoms with Gasteiger partial charge < -0.3 is 9.84 Å². The van der Waals surface area contributed by atoms with E-state index in [0.717, 1.165) is 22.8 Å². The molecule has 2 aromatic rings. The molecule has 3 nitrogen and oxygen atoms in total. The number of aromatic carboxylic acids is 1. The van der Waals surface area contributed by atoms with Crippen LogP contribution in [0.15, 0.2) is 30.3 Å². The molecule has 0 heterocycles. The predicted octanol–water partition coefficient (Wildman–Crippen LogP) is 3.64. The fraction of sp³-hybridized carbons (Fsp3) is 0.267. The standard InChI is InChI=1S/C15H16O3/c1-3-6-18-14-9-12(15(16)17)8-11-5-4-10(2)7-13(11)14/h4-5,7-9H,3,6H2,1-2H3,(H,16,17). The van der Waals surface area contributed by atoms with E-state index in [1.165, 1.54) is 0 Å². The molecule has 0 aromatic heterocycles. The van der Waals surface area contributed by atoms with E-state index in [4.69, 9.17) is 9.84 Å². The van der Waals surface area contributed by atoms with Crippen molar-refractivity contribution in [3.05, 3.63) is 41.5 Å². The van der Waals surface area contributed by atoms with E-state index in [-0.39, 0.29) is 5.56 Å². The second-order valence-corrected chi connectivity index (χ2v) is 4.35. The number of hydrogen-bond donors (Lipinski definition) is 1. The van der Waals surface area contributed by atoms with E-state index in [1.807, 2.05) is 32.0 Å². The second kappa shape index (κ2) is 5.08. The SMILES string of the molecule is CCCOc1cc(C(=O)O)cc2ccc(C)cc12. The Morgan fingerprint density at radius 3 is 2.72 bits per heavy atom. The van der Waals surface area contributed by atoms with Gasteiger partial charge in [-0.25, -0.2) is 4.79 Å². The van der Waals surface area contributed by atoms with Crippen molar-refractivity contribution in [3.8, 4) is 5.75 Å². The Hall–Kier alpha value is -2.03. The van der Waals surface area contributed by atoms with Gasteiger partial charge in [0.25, 0.3) is 0 Å². The molecule has 0 saturated heterocycles. The van der Waals surface area contributed by atoms with Crippen molar-refractivity contribution < 1.29 is 14.6 Å². The molecule has 0 fully saturated rings. The van der Waals surface area contributed by atoms with Gasteiger partial charge in [-0.1, -0.05) is 24.6 Å². The Bertz CT molecular complexity index is 588. The van der Waals surface area contributed by atoms with Crippen LogP contribution < -0.4 is 4.74 Å². The molecule has 3 heteroatoms. The lowest BCUT2D eigenvalue weighted by Crippen LogP contribution is -2.00. The molecule has 1 N–H and O–H groups in total. The smallest absolute Gasteiger partial charge is 0.335 e. The van der Waals surface area contributed by atoms with E-state index in [1.54, 1.807) is 12.1 Å². The highest BCUT2D eigenvalue weighted by Crippen LogP contribution is 2.29. The van der Waals surface area contributed by atoms with Gasteiger partial charge in [0.2, 0.25) is 0 Å². The van der Waals surface area contributed by atoms with Crippen molar-refractivity contribution in [3.63, 3.8) is 0 Å². The number of fused-ring (bicyclic) bond motifs is 1. The summed E-state index contributed by atoms with van der Waals surface area (Å²) in [5.74, 6) is -0.283. The average Bonchev–Trinajstić information content (AvgIpc) is 2.35. The third-order valence-electron chi connectivity index (χ3n) is 2.78. The minimum absolute atomic E-state index is 0.262. The van der Waals surface area contributed by atoms with Gasteiger partial charge in [0.1, 0.15) is 5.75 Å². The maximum atomic E-state index is 11.1. The van der Waals surface area contributed by atoms with Crippen molar-refractivity contribution in [1.82, 2.24) is 0 Å². The number of carboxylic acids is 1. The summed E-state index contributed by atoms with van der Waals surface area (Å²) in [7, 11) is 0. The summed E-state index contributed by atoms with van der Waals surface area (Å²) < 4.78 is 5.65. The molecule has 0 amide bonds. The summed E-state index contributed by atoms with van der Waals surface area (Å²) in [5, 5.41) is 11.0. The topological polar surface area (TPSA) is 46.5 Å². The fourth-order valence-corrected chi connectivity index (χ4v) is 1.89. The summed E-state index contributed by atoms with van der Waals surface area (Å²) in [5.41, 5.74) is 1.39. The minimum Gasteiger partial charge on any atom is -0.493 e. The Morgan fingerprint density at radius 2 is 2.06 bits per heavy atom. The molecule has 0 spiro atoms. The van der Waals surface area contributed by atoms with Gasteiger partial charge in [0.05, 0.1) is 12.2 Å². The number of rotatable bonds is 4. The first-order valence-electron chi connectivity index (χ1n) is 6.02. The van der Waals surface area contributed by atoms with Crippen LogP contribution in [0.4, 0.5) is 0 Å². The van der Waals surface area contributed by atoms with Gasteiger partial charge >= 0.3 is 5.97 Å². The number of hydrogen-bond acceptors (Lipinski definition) is 2. The molecule has 0 aliphatic carbocycles. The molecule has 18 heavy (non-hydrogen) atoms. The number of ether oxygens (including phenoxy) is 1. The molecular weight excluding hydrogens is 228 g/mol. The van der Waals surface area contributed by atoms with E-state index in [9.17, 15) is 4.79 Å². The normalized spacial score (nSPS) is 10.6. The number of carboxylic acid groups (broad SMARTS) is 1. The van der Waals surface area contributed by atoms with Gasteiger partial charge in [-0.05, 0) is 36.9 Å². The van der Waals surface area contributed by atoms with Gasteiger partial charge in [-0.2, -0.15) is 0 Å². The third kappa shape index (κ3) is 2.45. The molecule has 0 radical (unpaired) electrons. The van der Waals surface area contributed by atoms with Crippen LogP contribution in [-0.4, -0.2) is 17.7 Å². The molecular formula is C15H16O3. The van der Waals surface area contributed by atoms with Crippen LogP contribution >= 0.6 is 0 Å². The van der Waals surface area contributed by atoms with Gasteiger partial charge in [0.15, 0.2) is 0 Å². The summed E-state index contributed by atoms with van der Waals surface area (Å²) >= 11 is 0.